The predicted molar refractivity (Wildman–Crippen MR) is 133 cm³/mol. The zero-order valence-corrected chi connectivity index (χ0v) is 20.4. The van der Waals surface area contributed by atoms with Crippen molar-refractivity contribution in [3.05, 3.63) is 54.2 Å². The van der Waals surface area contributed by atoms with Crippen LogP contribution < -0.4 is 14.8 Å². The second-order valence-electron chi connectivity index (χ2n) is 8.83. The number of aryl methyl sites for hydroxylation is 2. The van der Waals surface area contributed by atoms with Gasteiger partial charge in [0.25, 0.3) is 0 Å². The fourth-order valence-corrected chi connectivity index (χ4v) is 4.22. The number of nitrogens with one attached hydrogen (secondary N) is 1. The monoisotopic (exact) mass is 485 g/mol. The molecule has 1 saturated heterocycles. The van der Waals surface area contributed by atoms with Crippen molar-refractivity contribution in [3.8, 4) is 28.8 Å². The lowest BCUT2D eigenvalue weighted by atomic mass is 10.0. The molecule has 1 aliphatic heterocycles. The van der Waals surface area contributed by atoms with Crippen LogP contribution in [0, 0.1) is 31.1 Å². The van der Waals surface area contributed by atoms with Gasteiger partial charge in [-0.25, -0.2) is 19.5 Å². The topological polar surface area (TPSA) is 119 Å². The summed E-state index contributed by atoms with van der Waals surface area (Å²) in [7, 11) is 0. The number of pyridine rings is 2. The largest absolute Gasteiger partial charge is 0.489 e. The molecule has 0 bridgehead atoms. The van der Waals surface area contributed by atoms with Crippen molar-refractivity contribution in [2.75, 3.05) is 25.1 Å². The first-order chi connectivity index (χ1) is 17.5. The minimum atomic E-state index is -0.0846. The zero-order valence-electron chi connectivity index (χ0n) is 20.4. The number of anilines is 2. The number of nitriles is 1. The van der Waals surface area contributed by atoms with Crippen molar-refractivity contribution in [3.63, 3.8) is 0 Å². The van der Waals surface area contributed by atoms with Crippen molar-refractivity contribution >= 4 is 17.2 Å². The van der Waals surface area contributed by atoms with Gasteiger partial charge < -0.3 is 19.5 Å². The van der Waals surface area contributed by atoms with Crippen LogP contribution in [0.15, 0.2) is 42.7 Å². The number of aromatic nitrogens is 5. The number of nitrogens with zero attached hydrogens (tertiary/aromatic N) is 6. The molecule has 2 atom stereocenters. The molecule has 36 heavy (non-hydrogen) atoms. The van der Waals surface area contributed by atoms with Crippen molar-refractivity contribution in [2.45, 2.75) is 33.3 Å². The highest BCUT2D eigenvalue weighted by molar-refractivity contribution is 5.75. The Morgan fingerprint density at radius 2 is 2.06 bits per heavy atom. The van der Waals surface area contributed by atoms with E-state index >= 15 is 0 Å². The second-order valence-corrected chi connectivity index (χ2v) is 8.83. The Labute approximate surface area is 208 Å². The van der Waals surface area contributed by atoms with E-state index in [9.17, 15) is 0 Å². The maximum absolute atomic E-state index is 8.89. The molecule has 0 amide bonds. The average Bonchev–Trinajstić information content (AvgIpc) is 3.45. The molecule has 0 saturated carbocycles. The first-order valence-corrected chi connectivity index (χ1v) is 11.8. The summed E-state index contributed by atoms with van der Waals surface area (Å²) in [4.78, 5) is 13.1. The fourth-order valence-electron chi connectivity index (χ4n) is 4.22. The molecule has 10 nitrogen and oxygen atoms in total. The Bertz CT molecular complexity index is 1410. The van der Waals surface area contributed by atoms with E-state index in [1.54, 1.807) is 16.8 Å². The van der Waals surface area contributed by atoms with Gasteiger partial charge in [-0.1, -0.05) is 6.92 Å². The van der Waals surface area contributed by atoms with E-state index in [0.29, 0.717) is 41.6 Å². The smallest absolute Gasteiger partial charge is 0.215 e. The molecule has 0 aromatic carbocycles. The standard InChI is InChI=1S/C26H27N7O3/c1-16-5-8-34-23(16)15-36-22-14-28-26(35-9-6-27)13-21(22)19-4-7-33-20(11-19)12-25(32-33)31-24-10-17(2)29-18(3)30-24/h4,7,10-14,16,23H,5,8-9,15H2,1-3H3,(H,29,30,31,32)/t16-,23+/m0/s1. The van der Waals surface area contributed by atoms with Crippen LogP contribution in [0.1, 0.15) is 24.9 Å². The minimum Gasteiger partial charge on any atom is -0.489 e. The third-order valence-corrected chi connectivity index (χ3v) is 6.07. The first kappa shape index (κ1) is 23.5. The molecular formula is C26H27N7O3. The highest BCUT2D eigenvalue weighted by Gasteiger charge is 2.25. The van der Waals surface area contributed by atoms with Crippen LogP contribution in [0.3, 0.4) is 0 Å². The van der Waals surface area contributed by atoms with E-state index in [2.05, 4.69) is 32.3 Å². The van der Waals surface area contributed by atoms with Crippen molar-refractivity contribution in [2.24, 2.45) is 5.92 Å². The van der Waals surface area contributed by atoms with Crippen molar-refractivity contribution in [1.29, 1.82) is 5.26 Å². The van der Waals surface area contributed by atoms with E-state index < -0.39 is 0 Å². The molecule has 1 aliphatic rings. The third-order valence-electron chi connectivity index (χ3n) is 6.07. The molecule has 5 heterocycles. The van der Waals surface area contributed by atoms with Crippen LogP contribution in [0.25, 0.3) is 16.6 Å². The number of ether oxygens (including phenoxy) is 3. The van der Waals surface area contributed by atoms with Crippen molar-refractivity contribution in [1.82, 2.24) is 24.6 Å². The lowest BCUT2D eigenvalue weighted by Gasteiger charge is -2.18. The van der Waals surface area contributed by atoms with Crippen LogP contribution in [0.2, 0.25) is 0 Å². The van der Waals surface area contributed by atoms with Gasteiger partial charge in [-0.2, -0.15) is 10.4 Å². The first-order valence-electron chi connectivity index (χ1n) is 11.8. The molecule has 1 fully saturated rings. The van der Waals surface area contributed by atoms with E-state index in [1.165, 1.54) is 0 Å². The summed E-state index contributed by atoms with van der Waals surface area (Å²) >= 11 is 0. The van der Waals surface area contributed by atoms with Gasteiger partial charge in [0, 0.05) is 42.3 Å². The second kappa shape index (κ2) is 10.2. The number of hydrogen-bond donors (Lipinski definition) is 1. The summed E-state index contributed by atoms with van der Waals surface area (Å²) in [5.41, 5.74) is 3.48. The summed E-state index contributed by atoms with van der Waals surface area (Å²) in [6, 6.07) is 11.5. The van der Waals surface area contributed by atoms with Crippen LogP contribution in [0.4, 0.5) is 11.6 Å². The Hall–Kier alpha value is -4.23. The maximum atomic E-state index is 8.89. The molecule has 0 aliphatic carbocycles. The molecule has 0 spiro atoms. The Morgan fingerprint density at radius 3 is 2.83 bits per heavy atom. The molecule has 4 aromatic rings. The molecule has 4 aromatic heterocycles. The highest BCUT2D eigenvalue weighted by atomic mass is 16.5. The summed E-state index contributed by atoms with van der Waals surface area (Å²) < 4.78 is 19.2. The quantitative estimate of drug-likeness (QED) is 0.390. The summed E-state index contributed by atoms with van der Waals surface area (Å²) in [5.74, 6) is 3.47. The highest BCUT2D eigenvalue weighted by Crippen LogP contribution is 2.34. The SMILES string of the molecule is Cc1cc(Nc2cc3cc(-c4cc(OCC#N)ncc4OC[C@H]4OCC[C@@H]4C)ccn3n2)nc(C)n1. The number of fused-ring (bicyclic) bond motifs is 1. The van der Waals surface area contributed by atoms with Gasteiger partial charge in [-0.05, 0) is 43.9 Å². The van der Waals surface area contributed by atoms with Gasteiger partial charge in [0.2, 0.25) is 5.88 Å². The van der Waals surface area contributed by atoms with Gasteiger partial charge in [-0.15, -0.1) is 0 Å². The van der Waals surface area contributed by atoms with Crippen LogP contribution in [0.5, 0.6) is 11.6 Å². The molecular weight excluding hydrogens is 458 g/mol. The summed E-state index contributed by atoms with van der Waals surface area (Å²) in [6.45, 7) is 7.06. The van der Waals surface area contributed by atoms with Gasteiger partial charge in [0.15, 0.2) is 12.4 Å². The van der Waals surface area contributed by atoms with E-state index in [4.69, 9.17) is 19.5 Å². The average molecular weight is 486 g/mol. The molecule has 5 rings (SSSR count). The van der Waals surface area contributed by atoms with Crippen LogP contribution in [-0.4, -0.2) is 50.5 Å². The van der Waals surface area contributed by atoms with Gasteiger partial charge in [0.1, 0.15) is 30.1 Å². The minimum absolute atomic E-state index is 0.0485. The van der Waals surface area contributed by atoms with E-state index in [1.807, 2.05) is 50.4 Å². The number of hydrogen-bond acceptors (Lipinski definition) is 9. The Kier molecular flexibility index (Phi) is 6.64. The zero-order chi connectivity index (χ0) is 25.1. The molecule has 0 unspecified atom stereocenters. The molecule has 1 N–H and O–H groups in total. The maximum Gasteiger partial charge on any atom is 0.215 e. The summed E-state index contributed by atoms with van der Waals surface area (Å²) in [6.07, 6.45) is 4.60. The summed E-state index contributed by atoms with van der Waals surface area (Å²) in [5, 5.41) is 16.7. The molecule has 184 valence electrons. The van der Waals surface area contributed by atoms with Gasteiger partial charge >= 0.3 is 0 Å². The normalized spacial score (nSPS) is 17.2. The van der Waals surface area contributed by atoms with E-state index in [0.717, 1.165) is 35.4 Å². The lowest BCUT2D eigenvalue weighted by Crippen LogP contribution is -2.22. The van der Waals surface area contributed by atoms with E-state index in [-0.39, 0.29) is 12.7 Å². The van der Waals surface area contributed by atoms with Gasteiger partial charge in [0.05, 0.1) is 17.8 Å². The van der Waals surface area contributed by atoms with Crippen LogP contribution >= 0.6 is 0 Å². The predicted octanol–water partition coefficient (Wildman–Crippen LogP) is 4.25. The van der Waals surface area contributed by atoms with Crippen LogP contribution in [-0.2, 0) is 4.74 Å². The lowest BCUT2D eigenvalue weighted by molar-refractivity contribution is 0.0518. The molecule has 10 heteroatoms. The number of rotatable bonds is 8. The molecule has 0 radical (unpaired) electrons. The van der Waals surface area contributed by atoms with Gasteiger partial charge in [-0.3, -0.25) is 0 Å². The third kappa shape index (κ3) is 5.21. The fraction of sp³-hybridized carbons (Fsp3) is 0.346. The van der Waals surface area contributed by atoms with Crippen molar-refractivity contribution < 1.29 is 14.2 Å². The Balaban J connectivity index is 1.44. The Morgan fingerprint density at radius 1 is 1.17 bits per heavy atom.